The summed E-state index contributed by atoms with van der Waals surface area (Å²) in [5, 5.41) is 4.33. The van der Waals surface area contributed by atoms with Crippen LogP contribution in [0.1, 0.15) is 32.5 Å². The molecule has 0 unspecified atom stereocenters. The molecule has 4 nitrogen and oxygen atoms in total. The maximum Gasteiger partial charge on any atom is 0.202 e. The molecule has 17 heavy (non-hydrogen) atoms. The Morgan fingerprint density at radius 1 is 1.41 bits per heavy atom. The van der Waals surface area contributed by atoms with Gasteiger partial charge in [-0.2, -0.15) is 4.37 Å². The summed E-state index contributed by atoms with van der Waals surface area (Å²) in [6.45, 7) is 9.03. The zero-order valence-corrected chi connectivity index (χ0v) is 11.6. The van der Waals surface area contributed by atoms with Gasteiger partial charge in [0.05, 0.1) is 0 Å². The van der Waals surface area contributed by atoms with Crippen LogP contribution < -0.4 is 5.32 Å². The van der Waals surface area contributed by atoms with E-state index in [0.717, 1.165) is 36.4 Å². The Kier molecular flexibility index (Phi) is 4.74. The van der Waals surface area contributed by atoms with E-state index in [2.05, 4.69) is 33.4 Å². The van der Waals surface area contributed by atoms with Crippen molar-refractivity contribution in [2.45, 2.75) is 33.1 Å². The molecule has 2 rings (SSSR count). The van der Waals surface area contributed by atoms with Crippen LogP contribution in [0.4, 0.5) is 5.13 Å². The molecular formula is C12H22N4S. The third-order valence-electron chi connectivity index (χ3n) is 3.36. The third kappa shape index (κ3) is 3.92. The highest BCUT2D eigenvalue weighted by Gasteiger charge is 2.14. The maximum atomic E-state index is 4.40. The summed E-state index contributed by atoms with van der Waals surface area (Å²) in [5.74, 6) is 1.86. The van der Waals surface area contributed by atoms with E-state index in [1.807, 2.05) is 0 Å². The Labute approximate surface area is 108 Å². The highest BCUT2D eigenvalue weighted by molar-refractivity contribution is 7.09. The standard InChI is InChI=1S/C12H22N4S/c1-3-11-14-12(17-15-11)13-6-9-16-7-4-10(2)5-8-16/h10H,3-9H2,1-2H3,(H,13,14,15). The predicted molar refractivity (Wildman–Crippen MR) is 72.6 cm³/mol. The molecule has 1 aromatic rings. The number of rotatable bonds is 5. The molecule has 0 amide bonds. The van der Waals surface area contributed by atoms with Crippen LogP contribution in [0.5, 0.6) is 0 Å². The van der Waals surface area contributed by atoms with Crippen molar-refractivity contribution in [1.82, 2.24) is 14.3 Å². The first-order valence-electron chi connectivity index (χ1n) is 6.56. The molecule has 96 valence electrons. The quantitative estimate of drug-likeness (QED) is 0.875. The fraction of sp³-hybridized carbons (Fsp3) is 0.833. The number of aryl methyl sites for hydroxylation is 1. The molecule has 1 saturated heterocycles. The number of hydrogen-bond donors (Lipinski definition) is 1. The number of piperidine rings is 1. The van der Waals surface area contributed by atoms with E-state index in [9.17, 15) is 0 Å². The number of anilines is 1. The minimum Gasteiger partial charge on any atom is -0.359 e. The van der Waals surface area contributed by atoms with Crippen molar-refractivity contribution in [1.29, 1.82) is 0 Å². The molecule has 1 aliphatic heterocycles. The first-order valence-corrected chi connectivity index (χ1v) is 7.34. The minimum atomic E-state index is 0.912. The van der Waals surface area contributed by atoms with Gasteiger partial charge in [-0.15, -0.1) is 0 Å². The SMILES string of the molecule is CCc1nsc(NCCN2CCC(C)CC2)n1. The first kappa shape index (κ1) is 12.8. The Bertz CT molecular complexity index is 331. The maximum absolute atomic E-state index is 4.40. The zero-order chi connectivity index (χ0) is 12.1. The summed E-state index contributed by atoms with van der Waals surface area (Å²) in [6, 6.07) is 0. The van der Waals surface area contributed by atoms with Gasteiger partial charge in [-0.1, -0.05) is 13.8 Å². The lowest BCUT2D eigenvalue weighted by atomic mass is 9.99. The Morgan fingerprint density at radius 3 is 2.82 bits per heavy atom. The molecule has 5 heteroatoms. The predicted octanol–water partition coefficient (Wildman–Crippen LogP) is 2.24. The van der Waals surface area contributed by atoms with Crippen molar-refractivity contribution in [2.75, 3.05) is 31.5 Å². The van der Waals surface area contributed by atoms with E-state index in [0.29, 0.717) is 0 Å². The van der Waals surface area contributed by atoms with Crippen LogP contribution in [0.2, 0.25) is 0 Å². The van der Waals surface area contributed by atoms with Gasteiger partial charge in [0.25, 0.3) is 0 Å². The minimum absolute atomic E-state index is 0.912. The summed E-state index contributed by atoms with van der Waals surface area (Å²) < 4.78 is 4.26. The molecule has 0 aromatic carbocycles. The van der Waals surface area contributed by atoms with E-state index in [1.54, 1.807) is 0 Å². The van der Waals surface area contributed by atoms with Gasteiger partial charge in [0.2, 0.25) is 5.13 Å². The molecule has 0 aliphatic carbocycles. The van der Waals surface area contributed by atoms with Gasteiger partial charge in [-0.05, 0) is 31.8 Å². The number of likely N-dealkylation sites (tertiary alicyclic amines) is 1. The fourth-order valence-electron chi connectivity index (χ4n) is 2.08. The van der Waals surface area contributed by atoms with E-state index < -0.39 is 0 Å². The van der Waals surface area contributed by atoms with Gasteiger partial charge < -0.3 is 10.2 Å². The highest BCUT2D eigenvalue weighted by atomic mass is 32.1. The largest absolute Gasteiger partial charge is 0.359 e. The molecule has 1 N–H and O–H groups in total. The van der Waals surface area contributed by atoms with Gasteiger partial charge in [-0.25, -0.2) is 4.98 Å². The van der Waals surface area contributed by atoms with Crippen molar-refractivity contribution in [3.63, 3.8) is 0 Å². The summed E-state index contributed by atoms with van der Waals surface area (Å²) in [7, 11) is 0. The molecular weight excluding hydrogens is 232 g/mol. The van der Waals surface area contributed by atoms with Gasteiger partial charge in [0.15, 0.2) is 0 Å². The second-order valence-corrected chi connectivity index (χ2v) is 5.57. The number of aromatic nitrogens is 2. The number of hydrogen-bond acceptors (Lipinski definition) is 5. The molecule has 1 aromatic heterocycles. The molecule has 0 spiro atoms. The Morgan fingerprint density at radius 2 is 2.18 bits per heavy atom. The van der Waals surface area contributed by atoms with Crippen LogP contribution in [0.3, 0.4) is 0 Å². The van der Waals surface area contributed by atoms with Gasteiger partial charge in [0, 0.05) is 31.0 Å². The van der Waals surface area contributed by atoms with Crippen molar-refractivity contribution >= 4 is 16.7 Å². The van der Waals surface area contributed by atoms with Gasteiger partial charge in [-0.3, -0.25) is 0 Å². The summed E-state index contributed by atoms with van der Waals surface area (Å²) in [6.07, 6.45) is 3.61. The topological polar surface area (TPSA) is 41.1 Å². The van der Waals surface area contributed by atoms with Gasteiger partial charge >= 0.3 is 0 Å². The Hall–Kier alpha value is -0.680. The van der Waals surface area contributed by atoms with Crippen LogP contribution in [-0.4, -0.2) is 40.4 Å². The van der Waals surface area contributed by atoms with Crippen molar-refractivity contribution in [3.8, 4) is 0 Å². The molecule has 2 heterocycles. The average molecular weight is 254 g/mol. The fourth-order valence-corrected chi connectivity index (χ4v) is 2.75. The van der Waals surface area contributed by atoms with Crippen LogP contribution in [0.15, 0.2) is 0 Å². The molecule has 0 atom stereocenters. The smallest absolute Gasteiger partial charge is 0.202 e. The van der Waals surface area contributed by atoms with E-state index in [4.69, 9.17) is 0 Å². The summed E-state index contributed by atoms with van der Waals surface area (Å²) in [5.41, 5.74) is 0. The normalized spacial score (nSPS) is 18.5. The van der Waals surface area contributed by atoms with Crippen LogP contribution in [0.25, 0.3) is 0 Å². The lowest BCUT2D eigenvalue weighted by molar-refractivity contribution is 0.199. The molecule has 0 radical (unpaired) electrons. The van der Waals surface area contributed by atoms with Gasteiger partial charge in [0.1, 0.15) is 5.82 Å². The lowest BCUT2D eigenvalue weighted by Crippen LogP contribution is -2.36. The highest BCUT2D eigenvalue weighted by Crippen LogP contribution is 2.16. The van der Waals surface area contributed by atoms with Crippen LogP contribution >= 0.6 is 11.5 Å². The van der Waals surface area contributed by atoms with Crippen molar-refractivity contribution in [3.05, 3.63) is 5.82 Å². The van der Waals surface area contributed by atoms with E-state index >= 15 is 0 Å². The second kappa shape index (κ2) is 6.31. The molecule has 1 fully saturated rings. The average Bonchev–Trinajstić information content (AvgIpc) is 2.80. The zero-order valence-electron chi connectivity index (χ0n) is 10.8. The molecule has 1 aliphatic rings. The summed E-state index contributed by atoms with van der Waals surface area (Å²) in [4.78, 5) is 6.94. The van der Waals surface area contributed by atoms with E-state index in [-0.39, 0.29) is 0 Å². The monoisotopic (exact) mass is 254 g/mol. The Balaban J connectivity index is 1.65. The van der Waals surface area contributed by atoms with Crippen LogP contribution in [0, 0.1) is 5.92 Å². The van der Waals surface area contributed by atoms with Crippen molar-refractivity contribution in [2.24, 2.45) is 5.92 Å². The first-order chi connectivity index (χ1) is 8.28. The number of nitrogens with one attached hydrogen (secondary N) is 1. The molecule has 0 saturated carbocycles. The molecule has 0 bridgehead atoms. The lowest BCUT2D eigenvalue weighted by Gasteiger charge is -2.29. The van der Waals surface area contributed by atoms with Crippen molar-refractivity contribution < 1.29 is 0 Å². The van der Waals surface area contributed by atoms with Crippen LogP contribution in [-0.2, 0) is 6.42 Å². The second-order valence-electron chi connectivity index (χ2n) is 4.82. The van der Waals surface area contributed by atoms with E-state index in [1.165, 1.54) is 37.5 Å². The number of nitrogens with zero attached hydrogens (tertiary/aromatic N) is 3. The summed E-state index contributed by atoms with van der Waals surface area (Å²) >= 11 is 1.47. The third-order valence-corrected chi connectivity index (χ3v) is 4.08.